The van der Waals surface area contributed by atoms with Crippen molar-refractivity contribution in [2.45, 2.75) is 12.8 Å². The van der Waals surface area contributed by atoms with Crippen LogP contribution in [0.5, 0.6) is 0 Å². The lowest BCUT2D eigenvalue weighted by atomic mass is 9.77. The summed E-state index contributed by atoms with van der Waals surface area (Å²) in [4.78, 5) is 4.97. The Morgan fingerprint density at radius 2 is 0.519 bits per heavy atom. The summed E-state index contributed by atoms with van der Waals surface area (Å²) in [6.07, 6.45) is 1.56. The van der Waals surface area contributed by atoms with Crippen molar-refractivity contribution in [3.05, 3.63) is 229 Å². The molecule has 248 valence electrons. The van der Waals surface area contributed by atoms with Gasteiger partial charge >= 0.3 is 0 Å². The summed E-state index contributed by atoms with van der Waals surface area (Å²) in [5.41, 5.74) is 15.0. The van der Waals surface area contributed by atoms with Gasteiger partial charge in [0.1, 0.15) is 0 Å². The molecule has 0 fully saturated rings. The van der Waals surface area contributed by atoms with Gasteiger partial charge in [0, 0.05) is 46.4 Å². The number of hydrogen-bond donors (Lipinski definition) is 0. The van der Waals surface area contributed by atoms with Crippen LogP contribution < -0.4 is 9.80 Å². The van der Waals surface area contributed by atoms with Crippen molar-refractivity contribution in [2.75, 3.05) is 9.80 Å². The highest BCUT2D eigenvalue weighted by molar-refractivity contribution is 6.12. The Bertz CT molecular complexity index is 2220. The van der Waals surface area contributed by atoms with Crippen LogP contribution in [0.25, 0.3) is 21.9 Å². The van der Waals surface area contributed by atoms with Crippen LogP contribution >= 0.6 is 0 Å². The molecule has 0 atom stereocenters. The SMILES string of the molecule is c1ccc(C2=C(c3ccccc3)Cc3c(c(N(c4ccccc4)c4ccccc4)c4ccccc4c3N(c3ccccc3)c3ccccc3)C2)cc1. The molecule has 0 N–H and O–H groups in total. The summed E-state index contributed by atoms with van der Waals surface area (Å²) in [6.45, 7) is 0. The Morgan fingerprint density at radius 3 is 0.808 bits per heavy atom. The van der Waals surface area contributed by atoms with Gasteiger partial charge in [-0.2, -0.15) is 0 Å². The molecule has 0 amide bonds. The Hall–Kier alpha value is -6.64. The Kier molecular flexibility index (Phi) is 8.40. The fourth-order valence-electron chi connectivity index (χ4n) is 7.92. The van der Waals surface area contributed by atoms with Crippen LogP contribution in [-0.4, -0.2) is 0 Å². The van der Waals surface area contributed by atoms with E-state index in [4.69, 9.17) is 0 Å². The van der Waals surface area contributed by atoms with Gasteiger partial charge in [0.25, 0.3) is 0 Å². The van der Waals surface area contributed by atoms with Crippen LogP contribution in [0.15, 0.2) is 206 Å². The molecule has 8 aromatic carbocycles. The second kappa shape index (κ2) is 13.9. The molecule has 1 aliphatic carbocycles. The molecular formula is C50H38N2. The van der Waals surface area contributed by atoms with Gasteiger partial charge in [-0.05, 0) is 81.9 Å². The van der Waals surface area contributed by atoms with E-state index >= 15 is 0 Å². The summed E-state index contributed by atoms with van der Waals surface area (Å²) >= 11 is 0. The third-order valence-corrected chi connectivity index (χ3v) is 10.2. The highest BCUT2D eigenvalue weighted by atomic mass is 15.2. The fourth-order valence-corrected chi connectivity index (χ4v) is 7.92. The Morgan fingerprint density at radius 1 is 0.269 bits per heavy atom. The lowest BCUT2D eigenvalue weighted by Crippen LogP contribution is -2.21. The van der Waals surface area contributed by atoms with E-state index in [1.807, 2.05) is 0 Å². The van der Waals surface area contributed by atoms with Gasteiger partial charge in [-0.25, -0.2) is 0 Å². The highest BCUT2D eigenvalue weighted by Gasteiger charge is 2.33. The molecule has 1 aliphatic rings. The van der Waals surface area contributed by atoms with Crippen molar-refractivity contribution in [3.63, 3.8) is 0 Å². The normalized spacial score (nSPS) is 12.4. The quantitative estimate of drug-likeness (QED) is 0.149. The minimum Gasteiger partial charge on any atom is -0.310 e. The van der Waals surface area contributed by atoms with Gasteiger partial charge in [-0.3, -0.25) is 0 Å². The molecule has 0 spiro atoms. The average molecular weight is 667 g/mol. The Labute approximate surface area is 306 Å². The molecule has 0 saturated carbocycles. The van der Waals surface area contributed by atoms with Crippen LogP contribution in [-0.2, 0) is 12.8 Å². The largest absolute Gasteiger partial charge is 0.310 e. The highest BCUT2D eigenvalue weighted by Crippen LogP contribution is 2.54. The molecule has 0 aliphatic heterocycles. The van der Waals surface area contributed by atoms with E-state index in [0.717, 1.165) is 35.6 Å². The zero-order valence-corrected chi connectivity index (χ0v) is 28.9. The van der Waals surface area contributed by atoms with E-state index in [-0.39, 0.29) is 0 Å². The summed E-state index contributed by atoms with van der Waals surface area (Å²) < 4.78 is 0. The van der Waals surface area contributed by atoms with Gasteiger partial charge in [0.05, 0.1) is 11.4 Å². The monoisotopic (exact) mass is 666 g/mol. The molecule has 0 aromatic heterocycles. The number of nitrogens with zero attached hydrogens (tertiary/aromatic N) is 2. The maximum atomic E-state index is 2.48. The molecule has 0 unspecified atom stereocenters. The van der Waals surface area contributed by atoms with Gasteiger partial charge in [0.15, 0.2) is 0 Å². The third-order valence-electron chi connectivity index (χ3n) is 10.2. The standard InChI is InChI=1S/C50H38N2/c1-7-21-37(22-8-1)45-35-47-48(36-46(45)38-23-9-2-10-24-38)50(52(41-29-15-5-16-30-41)42-31-17-6-18-32-42)44-34-20-19-33-43(44)49(47)51(39-25-11-3-12-26-39)40-27-13-4-14-28-40/h1-34H,35-36H2. The average Bonchev–Trinajstić information content (AvgIpc) is 3.23. The maximum Gasteiger partial charge on any atom is 0.0579 e. The molecule has 0 heterocycles. The van der Waals surface area contributed by atoms with Crippen molar-refractivity contribution >= 4 is 56.0 Å². The number of allylic oxidation sites excluding steroid dienone is 2. The molecule has 0 radical (unpaired) electrons. The summed E-state index contributed by atoms with van der Waals surface area (Å²) in [6, 6.07) is 74.4. The van der Waals surface area contributed by atoms with Crippen molar-refractivity contribution in [1.82, 2.24) is 0 Å². The summed E-state index contributed by atoms with van der Waals surface area (Å²) in [5.74, 6) is 0. The predicted octanol–water partition coefficient (Wildman–Crippen LogP) is 13.5. The van der Waals surface area contributed by atoms with E-state index in [2.05, 4.69) is 216 Å². The van der Waals surface area contributed by atoms with Crippen molar-refractivity contribution in [2.24, 2.45) is 0 Å². The number of benzene rings is 8. The van der Waals surface area contributed by atoms with Gasteiger partial charge in [-0.15, -0.1) is 0 Å². The molecule has 0 bridgehead atoms. The smallest absolute Gasteiger partial charge is 0.0579 e. The first kappa shape index (κ1) is 31.3. The number of rotatable bonds is 8. The minimum absolute atomic E-state index is 0.782. The first-order valence-electron chi connectivity index (χ1n) is 18.0. The first-order chi connectivity index (χ1) is 25.8. The number of hydrogen-bond acceptors (Lipinski definition) is 2. The number of anilines is 6. The van der Waals surface area contributed by atoms with Crippen molar-refractivity contribution in [3.8, 4) is 0 Å². The zero-order chi connectivity index (χ0) is 34.7. The Balaban J connectivity index is 1.43. The lowest BCUT2D eigenvalue weighted by molar-refractivity contribution is 1.09. The molecule has 0 saturated heterocycles. The molecule has 8 aromatic rings. The first-order valence-corrected chi connectivity index (χ1v) is 18.0. The van der Waals surface area contributed by atoms with E-state index in [1.165, 1.54) is 55.5 Å². The minimum atomic E-state index is 0.782. The second-order valence-corrected chi connectivity index (χ2v) is 13.3. The molecule has 2 heteroatoms. The van der Waals surface area contributed by atoms with Gasteiger partial charge in [0.2, 0.25) is 0 Å². The fraction of sp³-hybridized carbons (Fsp3) is 0.0400. The van der Waals surface area contributed by atoms with Crippen LogP contribution in [0.4, 0.5) is 34.1 Å². The molecule has 9 rings (SSSR count). The number of para-hydroxylation sites is 4. The maximum absolute atomic E-state index is 2.48. The zero-order valence-electron chi connectivity index (χ0n) is 28.9. The predicted molar refractivity (Wildman–Crippen MR) is 220 cm³/mol. The lowest BCUT2D eigenvalue weighted by Gasteiger charge is -2.37. The van der Waals surface area contributed by atoms with Crippen LogP contribution in [0.1, 0.15) is 22.3 Å². The molecular weight excluding hydrogens is 629 g/mol. The van der Waals surface area contributed by atoms with E-state index in [1.54, 1.807) is 0 Å². The van der Waals surface area contributed by atoms with E-state index in [9.17, 15) is 0 Å². The third kappa shape index (κ3) is 5.75. The topological polar surface area (TPSA) is 6.48 Å². The number of fused-ring (bicyclic) bond motifs is 2. The van der Waals surface area contributed by atoms with Crippen LogP contribution in [0.3, 0.4) is 0 Å². The van der Waals surface area contributed by atoms with Gasteiger partial charge < -0.3 is 9.80 Å². The van der Waals surface area contributed by atoms with Crippen molar-refractivity contribution < 1.29 is 0 Å². The van der Waals surface area contributed by atoms with Crippen LogP contribution in [0.2, 0.25) is 0 Å². The second-order valence-electron chi connectivity index (χ2n) is 13.3. The summed E-state index contributed by atoms with van der Waals surface area (Å²) in [7, 11) is 0. The van der Waals surface area contributed by atoms with E-state index < -0.39 is 0 Å². The van der Waals surface area contributed by atoms with Gasteiger partial charge in [-0.1, -0.05) is 158 Å². The van der Waals surface area contributed by atoms with E-state index in [0.29, 0.717) is 0 Å². The molecule has 2 nitrogen and oxygen atoms in total. The van der Waals surface area contributed by atoms with Crippen LogP contribution in [0, 0.1) is 0 Å². The molecule has 52 heavy (non-hydrogen) atoms. The summed E-state index contributed by atoms with van der Waals surface area (Å²) in [5, 5.41) is 2.44. The van der Waals surface area contributed by atoms with Crippen molar-refractivity contribution in [1.29, 1.82) is 0 Å².